The summed E-state index contributed by atoms with van der Waals surface area (Å²) in [6.07, 6.45) is 3.95. The second kappa shape index (κ2) is 8.14. The zero-order valence-corrected chi connectivity index (χ0v) is 15.4. The first kappa shape index (κ1) is 19.4. The Kier molecular flexibility index (Phi) is 5.65. The van der Waals surface area contributed by atoms with Gasteiger partial charge in [0.15, 0.2) is 0 Å². The SMILES string of the molecule is O=[N+]([O-])c1ccc(C2=NC(c3ccncc3)=C(c3ccc(F)cc3)C2)cc1.[HH].[S-2]. The van der Waals surface area contributed by atoms with Gasteiger partial charge >= 0.3 is 0 Å². The molecular weight excluding hydrogens is 377 g/mol. The highest BCUT2D eigenvalue weighted by Gasteiger charge is 2.22. The van der Waals surface area contributed by atoms with Gasteiger partial charge in [-0.2, -0.15) is 0 Å². The number of halogens is 1. The minimum absolute atomic E-state index is 0. The van der Waals surface area contributed by atoms with E-state index in [1.165, 1.54) is 24.3 Å². The van der Waals surface area contributed by atoms with Crippen LogP contribution in [0.5, 0.6) is 0 Å². The van der Waals surface area contributed by atoms with Crippen LogP contribution < -0.4 is 0 Å². The molecule has 2 aromatic carbocycles. The predicted octanol–water partition coefficient (Wildman–Crippen LogP) is 5.13. The summed E-state index contributed by atoms with van der Waals surface area (Å²) < 4.78 is 13.3. The third kappa shape index (κ3) is 3.84. The van der Waals surface area contributed by atoms with E-state index < -0.39 is 4.92 Å². The Balaban J connectivity index is 0.00000150. The number of hydrogen-bond donors (Lipinski definition) is 0. The maximum Gasteiger partial charge on any atom is 0.269 e. The van der Waals surface area contributed by atoms with E-state index in [0.29, 0.717) is 6.42 Å². The maximum atomic E-state index is 13.3. The molecule has 4 rings (SSSR count). The molecule has 3 aromatic rings. The number of nitro benzene ring substituents is 1. The second-order valence-electron chi connectivity index (χ2n) is 6.11. The van der Waals surface area contributed by atoms with Crippen LogP contribution >= 0.6 is 0 Å². The van der Waals surface area contributed by atoms with Gasteiger partial charge in [0, 0.05) is 37.9 Å². The van der Waals surface area contributed by atoms with E-state index in [1.54, 1.807) is 36.7 Å². The molecule has 0 unspecified atom stereocenters. The van der Waals surface area contributed by atoms with Crippen LogP contribution in [0, 0.1) is 15.9 Å². The van der Waals surface area contributed by atoms with Crippen molar-refractivity contribution in [2.75, 3.05) is 0 Å². The molecule has 1 aliphatic rings. The Morgan fingerprint density at radius 2 is 1.50 bits per heavy atom. The molecule has 0 fully saturated rings. The summed E-state index contributed by atoms with van der Waals surface area (Å²) in [5.74, 6) is -0.292. The number of nitrogens with zero attached hydrogens (tertiary/aromatic N) is 3. The largest absolute Gasteiger partial charge is 2.00 e. The van der Waals surface area contributed by atoms with Gasteiger partial charge in [-0.05, 0) is 53.1 Å². The first-order valence-electron chi connectivity index (χ1n) is 8.34. The van der Waals surface area contributed by atoms with Crippen LogP contribution in [0.2, 0.25) is 0 Å². The summed E-state index contributed by atoms with van der Waals surface area (Å²) in [5.41, 5.74) is 5.27. The van der Waals surface area contributed by atoms with Crippen LogP contribution in [-0.4, -0.2) is 15.6 Å². The third-order valence-electron chi connectivity index (χ3n) is 4.43. The minimum Gasteiger partial charge on any atom is -2.00 e. The quantitative estimate of drug-likeness (QED) is 0.456. The van der Waals surface area contributed by atoms with Gasteiger partial charge in [0.2, 0.25) is 0 Å². The number of non-ortho nitro benzene ring substituents is 1. The van der Waals surface area contributed by atoms with Crippen LogP contribution in [0.3, 0.4) is 0 Å². The Bertz CT molecular complexity index is 1070. The van der Waals surface area contributed by atoms with E-state index in [2.05, 4.69) is 4.98 Å². The molecule has 0 saturated heterocycles. The number of rotatable bonds is 4. The predicted molar refractivity (Wildman–Crippen MR) is 111 cm³/mol. The van der Waals surface area contributed by atoms with Gasteiger partial charge < -0.3 is 13.5 Å². The molecule has 142 valence electrons. The van der Waals surface area contributed by atoms with Crippen LogP contribution in [0.4, 0.5) is 10.1 Å². The van der Waals surface area contributed by atoms with Gasteiger partial charge in [-0.3, -0.25) is 20.1 Å². The van der Waals surface area contributed by atoms with E-state index in [0.717, 1.165) is 33.7 Å². The lowest BCUT2D eigenvalue weighted by atomic mass is 9.96. The van der Waals surface area contributed by atoms with Crippen LogP contribution in [0.15, 0.2) is 78.0 Å². The molecule has 0 radical (unpaired) electrons. The zero-order chi connectivity index (χ0) is 18.8. The molecule has 0 amide bonds. The van der Waals surface area contributed by atoms with Gasteiger partial charge in [0.05, 0.1) is 16.3 Å². The molecule has 2 heterocycles. The van der Waals surface area contributed by atoms with Crippen molar-refractivity contribution < 1.29 is 10.7 Å². The highest BCUT2D eigenvalue weighted by molar-refractivity contribution is 7.37. The lowest BCUT2D eigenvalue weighted by Crippen LogP contribution is -1.98. The normalized spacial score (nSPS) is 13.1. The first-order chi connectivity index (χ1) is 13.1. The molecular formula is C21H16FN3O2S-2. The molecule has 28 heavy (non-hydrogen) atoms. The maximum absolute atomic E-state index is 13.3. The molecule has 1 aromatic heterocycles. The lowest BCUT2D eigenvalue weighted by Gasteiger charge is -2.07. The van der Waals surface area contributed by atoms with Gasteiger partial charge in [0.25, 0.3) is 5.69 Å². The van der Waals surface area contributed by atoms with Crippen molar-refractivity contribution >= 4 is 36.2 Å². The fraction of sp³-hybridized carbons (Fsp3) is 0.0476. The number of allylic oxidation sites excluding steroid dienone is 1. The van der Waals surface area contributed by atoms with Crippen molar-refractivity contribution in [2.45, 2.75) is 6.42 Å². The minimum atomic E-state index is -0.426. The molecule has 5 nitrogen and oxygen atoms in total. The fourth-order valence-corrected chi connectivity index (χ4v) is 3.07. The molecule has 0 bridgehead atoms. The number of aliphatic imine (C=N–C) groups is 1. The van der Waals surface area contributed by atoms with Crippen molar-refractivity contribution in [3.05, 3.63) is 106 Å². The average molecular weight is 393 g/mol. The number of pyridine rings is 1. The van der Waals surface area contributed by atoms with Crippen molar-refractivity contribution in [1.29, 1.82) is 0 Å². The van der Waals surface area contributed by atoms with Gasteiger partial charge in [-0.15, -0.1) is 0 Å². The number of aromatic nitrogens is 1. The van der Waals surface area contributed by atoms with E-state index >= 15 is 0 Å². The molecule has 0 spiro atoms. The zero-order valence-electron chi connectivity index (χ0n) is 14.6. The fourth-order valence-electron chi connectivity index (χ4n) is 3.07. The second-order valence-corrected chi connectivity index (χ2v) is 6.11. The third-order valence-corrected chi connectivity index (χ3v) is 4.43. The Labute approximate surface area is 169 Å². The van der Waals surface area contributed by atoms with Crippen molar-refractivity contribution in [3.8, 4) is 0 Å². The van der Waals surface area contributed by atoms with Crippen LogP contribution in [-0.2, 0) is 13.5 Å². The van der Waals surface area contributed by atoms with E-state index in [4.69, 9.17) is 4.99 Å². The summed E-state index contributed by atoms with van der Waals surface area (Å²) in [4.78, 5) is 19.3. The molecule has 1 aliphatic heterocycles. The number of benzene rings is 2. The summed E-state index contributed by atoms with van der Waals surface area (Å²) in [6, 6.07) is 16.4. The van der Waals surface area contributed by atoms with Crippen molar-refractivity contribution in [3.63, 3.8) is 0 Å². The molecule has 0 N–H and O–H groups in total. The molecule has 0 saturated carbocycles. The van der Waals surface area contributed by atoms with Gasteiger partial charge in [-0.25, -0.2) is 4.39 Å². The summed E-state index contributed by atoms with van der Waals surface area (Å²) >= 11 is 0. The van der Waals surface area contributed by atoms with Crippen molar-refractivity contribution in [2.24, 2.45) is 4.99 Å². The monoisotopic (exact) mass is 393 g/mol. The van der Waals surface area contributed by atoms with Crippen LogP contribution in [0.1, 0.15) is 24.5 Å². The summed E-state index contributed by atoms with van der Waals surface area (Å²) in [7, 11) is 0. The molecule has 0 atom stereocenters. The van der Waals surface area contributed by atoms with Crippen molar-refractivity contribution in [1.82, 2.24) is 4.98 Å². The highest BCUT2D eigenvalue weighted by atomic mass is 32.1. The Morgan fingerprint density at radius 3 is 2.11 bits per heavy atom. The van der Waals surface area contributed by atoms with Crippen LogP contribution in [0.25, 0.3) is 11.3 Å². The van der Waals surface area contributed by atoms with E-state index in [-0.39, 0.29) is 26.4 Å². The number of hydrogen-bond acceptors (Lipinski definition) is 4. The smallest absolute Gasteiger partial charge is 0.269 e. The lowest BCUT2D eigenvalue weighted by molar-refractivity contribution is -0.384. The Hall–Kier alpha value is -3.32. The molecule has 0 aliphatic carbocycles. The number of nitro groups is 1. The van der Waals surface area contributed by atoms with Gasteiger partial charge in [-0.1, -0.05) is 12.1 Å². The average Bonchev–Trinajstić information content (AvgIpc) is 3.15. The van der Waals surface area contributed by atoms with Gasteiger partial charge in [0.1, 0.15) is 5.82 Å². The molecule has 7 heteroatoms. The summed E-state index contributed by atoms with van der Waals surface area (Å²) in [6.45, 7) is 0. The highest BCUT2D eigenvalue weighted by Crippen LogP contribution is 2.37. The van der Waals surface area contributed by atoms with E-state index in [9.17, 15) is 14.5 Å². The Morgan fingerprint density at radius 1 is 0.893 bits per heavy atom. The first-order valence-corrected chi connectivity index (χ1v) is 8.34. The topological polar surface area (TPSA) is 68.4 Å². The standard InChI is InChI=1S/C21H14FN3O2.S.H2/c22-17-5-1-14(2-6-17)19-13-20(15-3-7-18(8-4-15)25(26)27)24-21(19)16-9-11-23-12-10-16;;/h1-12H,13H2;;1H/q;-2;. The summed E-state index contributed by atoms with van der Waals surface area (Å²) in [5, 5.41) is 10.9. The van der Waals surface area contributed by atoms with E-state index in [1.807, 2.05) is 12.1 Å².